The van der Waals surface area contributed by atoms with Gasteiger partial charge in [-0.1, -0.05) is 24.3 Å². The Kier molecular flexibility index (Phi) is 8.29. The van der Waals surface area contributed by atoms with Gasteiger partial charge in [0.1, 0.15) is 11.6 Å². The van der Waals surface area contributed by atoms with Gasteiger partial charge in [-0.25, -0.2) is 9.97 Å². The summed E-state index contributed by atoms with van der Waals surface area (Å²) in [5, 5.41) is 45.0. The summed E-state index contributed by atoms with van der Waals surface area (Å²) < 4.78 is 0. The molecule has 2 aromatic heterocycles. The molecule has 0 fully saturated rings. The number of nitro benzene ring substituents is 4. The van der Waals surface area contributed by atoms with Crippen LogP contribution in [0.5, 0.6) is 0 Å². The number of rotatable bonds is 10. The number of H-pyrrole nitrogens is 2. The van der Waals surface area contributed by atoms with Gasteiger partial charge in [-0.2, -0.15) is 0 Å². The van der Waals surface area contributed by atoms with Gasteiger partial charge in [-0.05, 0) is 48.5 Å². The van der Waals surface area contributed by atoms with E-state index in [4.69, 9.17) is 9.97 Å². The third kappa shape index (κ3) is 6.32. The van der Waals surface area contributed by atoms with Crippen LogP contribution in [0.3, 0.4) is 0 Å². The Labute approximate surface area is 291 Å². The van der Waals surface area contributed by atoms with Crippen molar-refractivity contribution < 1.29 is 19.7 Å². The predicted molar refractivity (Wildman–Crippen MR) is 190 cm³/mol. The van der Waals surface area contributed by atoms with Crippen molar-refractivity contribution in [2.75, 3.05) is 0 Å². The van der Waals surface area contributed by atoms with Crippen LogP contribution < -0.4 is 0 Å². The lowest BCUT2D eigenvalue weighted by Gasteiger charge is -2.03. The van der Waals surface area contributed by atoms with E-state index >= 15 is 0 Å². The van der Waals surface area contributed by atoms with Crippen LogP contribution in [0, 0.1) is 40.5 Å². The molecule has 2 heterocycles. The monoisotopic (exact) mass is 694 g/mol. The molecular weight excluding hydrogens is 672 g/mol. The second-order valence-electron chi connectivity index (χ2n) is 11.4. The van der Waals surface area contributed by atoms with Crippen molar-refractivity contribution in [2.45, 2.75) is 0 Å². The number of benzene rings is 5. The fourth-order valence-electron chi connectivity index (χ4n) is 5.62. The first kappa shape index (κ1) is 32.7. The molecular formula is C36H22N8O8. The quantitative estimate of drug-likeness (QED) is 0.102. The van der Waals surface area contributed by atoms with Gasteiger partial charge in [0.15, 0.2) is 0 Å². The van der Waals surface area contributed by atoms with Crippen molar-refractivity contribution in [2.24, 2.45) is 0 Å². The highest BCUT2D eigenvalue weighted by Crippen LogP contribution is 2.37. The zero-order valence-corrected chi connectivity index (χ0v) is 26.5. The van der Waals surface area contributed by atoms with Crippen molar-refractivity contribution >= 4 is 22.7 Å². The Balaban J connectivity index is 1.27. The van der Waals surface area contributed by atoms with Crippen LogP contribution in [0.2, 0.25) is 0 Å². The molecule has 7 aromatic rings. The Morgan fingerprint density at radius 3 is 0.827 bits per heavy atom. The van der Waals surface area contributed by atoms with Gasteiger partial charge >= 0.3 is 0 Å². The van der Waals surface area contributed by atoms with E-state index in [1.807, 2.05) is 24.3 Å². The molecule has 0 saturated heterocycles. The van der Waals surface area contributed by atoms with E-state index < -0.39 is 19.7 Å². The fourth-order valence-corrected chi connectivity index (χ4v) is 5.62. The number of hydrogen-bond acceptors (Lipinski definition) is 10. The van der Waals surface area contributed by atoms with Gasteiger partial charge in [0.25, 0.3) is 22.7 Å². The summed E-state index contributed by atoms with van der Waals surface area (Å²) in [6, 6.07) is 30.9. The summed E-state index contributed by atoms with van der Waals surface area (Å²) in [4.78, 5) is 59.3. The second kappa shape index (κ2) is 13.2. The van der Waals surface area contributed by atoms with E-state index in [2.05, 4.69) is 9.97 Å². The molecule has 0 radical (unpaired) electrons. The normalized spacial score (nSPS) is 10.9. The van der Waals surface area contributed by atoms with Crippen LogP contribution in [-0.2, 0) is 0 Å². The molecule has 0 aliphatic rings. The molecule has 254 valence electrons. The van der Waals surface area contributed by atoms with Gasteiger partial charge in [-0.15, -0.1) is 0 Å². The van der Waals surface area contributed by atoms with Crippen LogP contribution >= 0.6 is 0 Å². The molecule has 0 aliphatic carbocycles. The fraction of sp³-hybridized carbons (Fsp3) is 0. The molecule has 16 heteroatoms. The Morgan fingerprint density at radius 1 is 0.346 bits per heavy atom. The third-order valence-corrected chi connectivity index (χ3v) is 8.28. The number of aromatic amines is 2. The van der Waals surface area contributed by atoms with Gasteiger partial charge in [0, 0.05) is 81.9 Å². The van der Waals surface area contributed by atoms with E-state index in [-0.39, 0.29) is 22.7 Å². The van der Waals surface area contributed by atoms with Crippen molar-refractivity contribution in [3.05, 3.63) is 162 Å². The maximum atomic E-state index is 11.3. The summed E-state index contributed by atoms with van der Waals surface area (Å²) in [5.74, 6) is 0.927. The summed E-state index contributed by atoms with van der Waals surface area (Å²) in [7, 11) is 0. The lowest BCUT2D eigenvalue weighted by Crippen LogP contribution is -1.89. The zero-order valence-electron chi connectivity index (χ0n) is 26.5. The van der Waals surface area contributed by atoms with Crippen molar-refractivity contribution in [3.63, 3.8) is 0 Å². The first-order valence-electron chi connectivity index (χ1n) is 15.4. The summed E-state index contributed by atoms with van der Waals surface area (Å²) in [6.07, 6.45) is 0. The van der Waals surface area contributed by atoms with Crippen molar-refractivity contribution in [3.8, 4) is 67.8 Å². The Hall–Kier alpha value is -7.88. The highest BCUT2D eigenvalue weighted by Gasteiger charge is 2.20. The smallest absolute Gasteiger partial charge is 0.269 e. The average Bonchev–Trinajstić information content (AvgIpc) is 3.81. The molecule has 16 nitrogen and oxygen atoms in total. The third-order valence-electron chi connectivity index (χ3n) is 8.28. The zero-order chi connectivity index (χ0) is 36.5. The molecule has 0 unspecified atom stereocenters. The molecule has 7 rings (SSSR count). The second-order valence-corrected chi connectivity index (χ2v) is 11.4. The van der Waals surface area contributed by atoms with E-state index in [1.54, 1.807) is 48.5 Å². The molecule has 2 N–H and O–H groups in total. The van der Waals surface area contributed by atoms with Gasteiger partial charge in [0.2, 0.25) is 0 Å². The molecule has 0 amide bonds. The van der Waals surface area contributed by atoms with Crippen LogP contribution in [0.25, 0.3) is 67.8 Å². The summed E-state index contributed by atoms with van der Waals surface area (Å²) in [5.41, 5.74) is 5.49. The molecule has 0 saturated carbocycles. The van der Waals surface area contributed by atoms with E-state index in [0.717, 1.165) is 0 Å². The molecule has 52 heavy (non-hydrogen) atoms. The topological polar surface area (TPSA) is 230 Å². The lowest BCUT2D eigenvalue weighted by molar-refractivity contribution is -0.385. The number of nitro groups is 4. The van der Waals surface area contributed by atoms with E-state index in [0.29, 0.717) is 67.8 Å². The number of hydrogen-bond donors (Lipinski definition) is 2. The molecule has 0 spiro atoms. The maximum absolute atomic E-state index is 11.3. The first-order valence-corrected chi connectivity index (χ1v) is 15.4. The SMILES string of the molecule is O=[N+]([O-])c1ccc(-c2nc(-c3ccc(-c4nc(-c5ccc([N+](=O)[O-])cc5)c(-c5ccc([N+](=O)[O-])cc5)[nH]4)cc3)[nH]c2-c2ccc([N+](=O)[O-])cc2)cc1. The van der Waals surface area contributed by atoms with Gasteiger partial charge in [0.05, 0.1) is 42.5 Å². The molecule has 0 bridgehead atoms. The minimum atomic E-state index is -0.499. The lowest BCUT2D eigenvalue weighted by atomic mass is 10.0. The first-order chi connectivity index (χ1) is 25.0. The Morgan fingerprint density at radius 2 is 0.577 bits per heavy atom. The number of imidazole rings is 2. The largest absolute Gasteiger partial charge is 0.337 e. The number of aromatic nitrogens is 4. The van der Waals surface area contributed by atoms with Crippen LogP contribution in [0.15, 0.2) is 121 Å². The molecule has 5 aromatic carbocycles. The number of non-ortho nitro benzene ring substituents is 4. The average molecular weight is 695 g/mol. The van der Waals surface area contributed by atoms with Gasteiger partial charge < -0.3 is 9.97 Å². The summed E-state index contributed by atoms with van der Waals surface area (Å²) >= 11 is 0. The maximum Gasteiger partial charge on any atom is 0.269 e. The Bertz CT molecular complexity index is 2170. The predicted octanol–water partition coefficient (Wildman–Crippen LogP) is 8.77. The van der Waals surface area contributed by atoms with E-state index in [1.165, 1.54) is 48.5 Å². The van der Waals surface area contributed by atoms with Crippen LogP contribution in [-0.4, -0.2) is 39.6 Å². The molecule has 0 atom stereocenters. The van der Waals surface area contributed by atoms with Crippen LogP contribution in [0.4, 0.5) is 22.7 Å². The van der Waals surface area contributed by atoms with Gasteiger partial charge in [-0.3, -0.25) is 40.5 Å². The minimum absolute atomic E-state index is 0.0811. The van der Waals surface area contributed by atoms with E-state index in [9.17, 15) is 40.5 Å². The van der Waals surface area contributed by atoms with Crippen molar-refractivity contribution in [1.82, 2.24) is 19.9 Å². The van der Waals surface area contributed by atoms with Crippen LogP contribution in [0.1, 0.15) is 0 Å². The highest BCUT2D eigenvalue weighted by atomic mass is 16.6. The minimum Gasteiger partial charge on any atom is -0.337 e. The molecule has 0 aliphatic heterocycles. The standard InChI is InChI=1S/C36H22N8O8/c45-41(46)27-13-5-21(6-14-27)31-32(22-7-15-28(16-8-22)42(47)48)38-35(37-31)25-1-2-26(4-3-25)36-39-33(23-9-17-29(18-10-23)43(49)50)34(40-36)24-11-19-30(20-12-24)44(51)52/h1-20H,(H,37,38)(H,39,40). The highest BCUT2D eigenvalue weighted by molar-refractivity contribution is 5.84. The number of nitrogens with zero attached hydrogens (tertiary/aromatic N) is 6. The number of nitrogens with one attached hydrogen (secondary N) is 2. The summed E-state index contributed by atoms with van der Waals surface area (Å²) in [6.45, 7) is 0. The van der Waals surface area contributed by atoms with Crippen molar-refractivity contribution in [1.29, 1.82) is 0 Å².